The third-order valence-corrected chi connectivity index (χ3v) is 3.00. The van der Waals surface area contributed by atoms with Gasteiger partial charge in [-0.3, -0.25) is 14.9 Å². The SMILES string of the molecule is CC(O)(CNc1ncc([N+](=O)[O-])cc1C(N)=O)c1ccco1. The molecule has 4 N–H and O–H groups in total. The lowest BCUT2D eigenvalue weighted by atomic mass is 10.0. The van der Waals surface area contributed by atoms with Crippen molar-refractivity contribution in [2.24, 2.45) is 5.73 Å². The predicted molar refractivity (Wildman–Crippen MR) is 76.2 cm³/mol. The quantitative estimate of drug-likeness (QED) is 0.533. The van der Waals surface area contributed by atoms with Crippen molar-refractivity contribution in [2.45, 2.75) is 12.5 Å². The molecule has 2 aromatic heterocycles. The van der Waals surface area contributed by atoms with E-state index in [1.54, 1.807) is 12.1 Å². The third-order valence-electron chi connectivity index (χ3n) is 3.00. The molecule has 1 unspecified atom stereocenters. The molecule has 0 aliphatic heterocycles. The average molecular weight is 306 g/mol. The van der Waals surface area contributed by atoms with Gasteiger partial charge in [-0.2, -0.15) is 0 Å². The monoisotopic (exact) mass is 306 g/mol. The van der Waals surface area contributed by atoms with E-state index in [1.807, 2.05) is 0 Å². The van der Waals surface area contributed by atoms with Crippen LogP contribution >= 0.6 is 0 Å². The highest BCUT2D eigenvalue weighted by atomic mass is 16.6. The number of carbonyl (C=O) groups is 1. The summed E-state index contributed by atoms with van der Waals surface area (Å²) in [6.45, 7) is 1.47. The Morgan fingerprint density at radius 3 is 2.91 bits per heavy atom. The number of furan rings is 1. The molecule has 0 fully saturated rings. The van der Waals surface area contributed by atoms with Crippen LogP contribution < -0.4 is 11.1 Å². The molecular weight excluding hydrogens is 292 g/mol. The van der Waals surface area contributed by atoms with E-state index in [-0.39, 0.29) is 23.6 Å². The molecule has 0 radical (unpaired) electrons. The van der Waals surface area contributed by atoms with Gasteiger partial charge < -0.3 is 20.6 Å². The average Bonchev–Trinajstić information content (AvgIpc) is 2.99. The summed E-state index contributed by atoms with van der Waals surface area (Å²) in [6, 6.07) is 4.25. The van der Waals surface area contributed by atoms with Crippen molar-refractivity contribution >= 4 is 17.4 Å². The van der Waals surface area contributed by atoms with Crippen molar-refractivity contribution in [3.63, 3.8) is 0 Å². The number of aliphatic hydroxyl groups is 1. The van der Waals surface area contributed by atoms with E-state index in [0.29, 0.717) is 5.76 Å². The zero-order valence-electron chi connectivity index (χ0n) is 11.6. The lowest BCUT2D eigenvalue weighted by Crippen LogP contribution is -2.31. The van der Waals surface area contributed by atoms with Crippen molar-refractivity contribution in [2.75, 3.05) is 11.9 Å². The van der Waals surface area contributed by atoms with Gasteiger partial charge >= 0.3 is 0 Å². The van der Waals surface area contributed by atoms with E-state index in [0.717, 1.165) is 12.3 Å². The van der Waals surface area contributed by atoms with Gasteiger partial charge in [-0.15, -0.1) is 0 Å². The summed E-state index contributed by atoms with van der Waals surface area (Å²) in [7, 11) is 0. The highest BCUT2D eigenvalue weighted by molar-refractivity contribution is 5.98. The molecule has 1 atom stereocenters. The summed E-state index contributed by atoms with van der Waals surface area (Å²) in [5, 5.41) is 23.7. The van der Waals surface area contributed by atoms with Crippen molar-refractivity contribution in [1.82, 2.24) is 4.98 Å². The van der Waals surface area contributed by atoms with Crippen molar-refractivity contribution in [3.8, 4) is 0 Å². The number of hydrogen-bond acceptors (Lipinski definition) is 7. The summed E-state index contributed by atoms with van der Waals surface area (Å²) in [5.41, 5.74) is 3.35. The Hall–Kier alpha value is -2.94. The molecule has 22 heavy (non-hydrogen) atoms. The van der Waals surface area contributed by atoms with Crippen LogP contribution in [0.1, 0.15) is 23.0 Å². The number of rotatable bonds is 6. The summed E-state index contributed by atoms with van der Waals surface area (Å²) >= 11 is 0. The van der Waals surface area contributed by atoms with E-state index >= 15 is 0 Å². The molecular formula is C13H14N4O5. The smallest absolute Gasteiger partial charge is 0.288 e. The van der Waals surface area contributed by atoms with Crippen LogP contribution in [-0.2, 0) is 5.60 Å². The minimum absolute atomic E-state index is 0.0361. The standard InChI is InChI=1S/C13H14N4O5/c1-13(19,10-3-2-4-22-10)7-16-12-9(11(14)18)5-8(6-15-12)17(20)21/h2-6,19H,7H2,1H3,(H2,14,18)(H,15,16). The maximum Gasteiger partial charge on any atom is 0.288 e. The van der Waals surface area contributed by atoms with Gasteiger partial charge in [0.25, 0.3) is 11.6 Å². The predicted octanol–water partition coefficient (Wildman–Crippen LogP) is 1.00. The number of amides is 1. The molecule has 0 saturated heterocycles. The maximum atomic E-state index is 11.4. The first-order valence-electron chi connectivity index (χ1n) is 6.26. The summed E-state index contributed by atoms with van der Waals surface area (Å²) in [5.74, 6) is -0.496. The minimum atomic E-state index is -1.36. The van der Waals surface area contributed by atoms with E-state index in [2.05, 4.69) is 10.3 Å². The van der Waals surface area contributed by atoms with Gasteiger partial charge in [0, 0.05) is 6.07 Å². The molecule has 0 aromatic carbocycles. The van der Waals surface area contributed by atoms with Gasteiger partial charge in [-0.25, -0.2) is 4.98 Å². The number of aromatic nitrogens is 1. The molecule has 0 spiro atoms. The van der Waals surface area contributed by atoms with Gasteiger partial charge in [0.1, 0.15) is 23.4 Å². The maximum absolute atomic E-state index is 11.4. The van der Waals surface area contributed by atoms with E-state index in [9.17, 15) is 20.0 Å². The first kappa shape index (κ1) is 15.4. The molecule has 2 rings (SSSR count). The molecule has 116 valence electrons. The second-order valence-electron chi connectivity index (χ2n) is 4.82. The fraction of sp³-hybridized carbons (Fsp3) is 0.231. The van der Waals surface area contributed by atoms with Gasteiger partial charge in [0.15, 0.2) is 0 Å². The number of anilines is 1. The fourth-order valence-corrected chi connectivity index (χ4v) is 1.81. The molecule has 0 aliphatic carbocycles. The third kappa shape index (κ3) is 3.20. The fourth-order valence-electron chi connectivity index (χ4n) is 1.81. The highest BCUT2D eigenvalue weighted by Gasteiger charge is 2.27. The lowest BCUT2D eigenvalue weighted by Gasteiger charge is -2.22. The van der Waals surface area contributed by atoms with Crippen LogP contribution in [0.25, 0.3) is 0 Å². The molecule has 0 aliphatic rings. The van der Waals surface area contributed by atoms with Crippen molar-refractivity contribution < 1.29 is 19.2 Å². The molecule has 9 heteroatoms. The second-order valence-corrected chi connectivity index (χ2v) is 4.82. The van der Waals surface area contributed by atoms with Crippen molar-refractivity contribution in [3.05, 3.63) is 52.1 Å². The lowest BCUT2D eigenvalue weighted by molar-refractivity contribution is -0.385. The summed E-state index contributed by atoms with van der Waals surface area (Å²) in [6.07, 6.45) is 2.42. The molecule has 1 amide bonds. The second kappa shape index (κ2) is 5.82. The zero-order chi connectivity index (χ0) is 16.3. The van der Waals surface area contributed by atoms with Gasteiger partial charge in [0.05, 0.1) is 23.3 Å². The first-order chi connectivity index (χ1) is 10.3. The van der Waals surface area contributed by atoms with Crippen LogP contribution in [0, 0.1) is 10.1 Å². The number of nitro groups is 1. The van der Waals surface area contributed by atoms with Gasteiger partial charge in [0.2, 0.25) is 0 Å². The van der Waals surface area contributed by atoms with Crippen LogP contribution in [0.15, 0.2) is 35.1 Å². The summed E-state index contributed by atoms with van der Waals surface area (Å²) < 4.78 is 5.12. The number of nitrogens with one attached hydrogen (secondary N) is 1. The molecule has 2 heterocycles. The number of primary amides is 1. The Kier molecular flexibility index (Phi) is 4.08. The van der Waals surface area contributed by atoms with Gasteiger partial charge in [-0.1, -0.05) is 0 Å². The largest absolute Gasteiger partial charge is 0.466 e. The van der Waals surface area contributed by atoms with E-state index in [4.69, 9.17) is 10.2 Å². The molecule has 2 aromatic rings. The van der Waals surface area contributed by atoms with Crippen LogP contribution in [-0.4, -0.2) is 27.5 Å². The number of pyridine rings is 1. The van der Waals surface area contributed by atoms with Crippen LogP contribution in [0.2, 0.25) is 0 Å². The minimum Gasteiger partial charge on any atom is -0.466 e. The molecule has 0 saturated carbocycles. The van der Waals surface area contributed by atoms with Gasteiger partial charge in [-0.05, 0) is 19.1 Å². The normalized spacial score (nSPS) is 13.4. The highest BCUT2D eigenvalue weighted by Crippen LogP contribution is 2.23. The number of nitrogens with two attached hydrogens (primary N) is 1. The van der Waals surface area contributed by atoms with Crippen LogP contribution in [0.3, 0.4) is 0 Å². The summed E-state index contributed by atoms with van der Waals surface area (Å²) in [4.78, 5) is 25.2. The Bertz CT molecular complexity index is 696. The Labute approximate surface area is 124 Å². The van der Waals surface area contributed by atoms with Crippen LogP contribution in [0.4, 0.5) is 11.5 Å². The number of hydrogen-bond donors (Lipinski definition) is 3. The first-order valence-corrected chi connectivity index (χ1v) is 6.26. The number of carbonyl (C=O) groups excluding carboxylic acids is 1. The Morgan fingerprint density at radius 2 is 2.36 bits per heavy atom. The Balaban J connectivity index is 2.22. The zero-order valence-corrected chi connectivity index (χ0v) is 11.6. The van der Waals surface area contributed by atoms with E-state index < -0.39 is 16.4 Å². The van der Waals surface area contributed by atoms with Crippen molar-refractivity contribution in [1.29, 1.82) is 0 Å². The van der Waals surface area contributed by atoms with Crippen LogP contribution in [0.5, 0.6) is 0 Å². The Morgan fingerprint density at radius 1 is 1.64 bits per heavy atom. The molecule has 0 bridgehead atoms. The number of nitrogens with zero attached hydrogens (tertiary/aromatic N) is 2. The molecule has 9 nitrogen and oxygen atoms in total. The van der Waals surface area contributed by atoms with E-state index in [1.165, 1.54) is 13.2 Å². The topological polar surface area (TPSA) is 145 Å².